The van der Waals surface area contributed by atoms with Crippen molar-refractivity contribution in [3.63, 3.8) is 0 Å². The third kappa shape index (κ3) is 4.31. The zero-order valence-electron chi connectivity index (χ0n) is 20.0. The quantitative estimate of drug-likeness (QED) is 0.640. The van der Waals surface area contributed by atoms with Crippen LogP contribution in [-0.4, -0.2) is 66.9 Å². The van der Waals surface area contributed by atoms with Crippen molar-refractivity contribution >= 4 is 22.5 Å². The second-order valence-electron chi connectivity index (χ2n) is 8.89. The fourth-order valence-corrected chi connectivity index (χ4v) is 4.90. The van der Waals surface area contributed by atoms with Crippen LogP contribution in [0.1, 0.15) is 35.0 Å². The van der Waals surface area contributed by atoms with E-state index in [1.165, 1.54) is 5.56 Å². The van der Waals surface area contributed by atoms with Crippen LogP contribution in [0.4, 0.5) is 5.69 Å². The van der Waals surface area contributed by atoms with E-state index < -0.39 is 0 Å². The molecule has 4 heterocycles. The molecule has 8 heteroatoms. The molecule has 34 heavy (non-hydrogen) atoms. The molecule has 2 aliphatic heterocycles. The van der Waals surface area contributed by atoms with Crippen LogP contribution in [0, 0.1) is 0 Å². The van der Waals surface area contributed by atoms with E-state index in [1.54, 1.807) is 26.4 Å². The first-order chi connectivity index (χ1) is 16.6. The monoisotopic (exact) mass is 461 g/mol. The maximum Gasteiger partial charge on any atom is 0.269 e. The van der Waals surface area contributed by atoms with Gasteiger partial charge in [-0.15, -0.1) is 0 Å². The predicted molar refractivity (Wildman–Crippen MR) is 131 cm³/mol. The lowest BCUT2D eigenvalue weighted by molar-refractivity contribution is -0.0749. The van der Waals surface area contributed by atoms with E-state index in [4.69, 9.17) is 9.47 Å². The Morgan fingerprint density at radius 2 is 2.09 bits per heavy atom. The standard InChI is InChI=1S/C26H31N5O3/c1-4-17-9-18-11-24-19(10-23(18)28-12-17)14-31-21(7-8-34-24)15-30(16-25(31)33-3)20-5-6-22(29-13-20)26(32)27-2/h5-6,9-13,21,25H,4,7-8,14-16H2,1-3H3,(H,27,32)/t21?,25-/m0/s1. The van der Waals surface area contributed by atoms with Gasteiger partial charge in [-0.25, -0.2) is 4.98 Å². The first-order valence-electron chi connectivity index (χ1n) is 11.9. The summed E-state index contributed by atoms with van der Waals surface area (Å²) < 4.78 is 12.2. The van der Waals surface area contributed by atoms with Crippen molar-refractivity contribution < 1.29 is 14.3 Å². The molecule has 178 valence electrons. The largest absolute Gasteiger partial charge is 0.493 e. The van der Waals surface area contributed by atoms with Crippen molar-refractivity contribution in [2.24, 2.45) is 0 Å². The highest BCUT2D eigenvalue weighted by atomic mass is 16.5. The molecule has 3 aromatic rings. The molecule has 1 unspecified atom stereocenters. The number of piperazine rings is 1. The van der Waals surface area contributed by atoms with E-state index in [2.05, 4.69) is 50.2 Å². The number of methoxy groups -OCH3 is 1. The zero-order chi connectivity index (χ0) is 23.7. The molecular weight excluding hydrogens is 430 g/mol. The molecule has 0 aliphatic carbocycles. The molecule has 2 atom stereocenters. The van der Waals surface area contributed by atoms with Crippen LogP contribution in [0.25, 0.3) is 10.9 Å². The summed E-state index contributed by atoms with van der Waals surface area (Å²) >= 11 is 0. The van der Waals surface area contributed by atoms with Crippen LogP contribution in [0.15, 0.2) is 42.7 Å². The van der Waals surface area contributed by atoms with Gasteiger partial charge >= 0.3 is 0 Å². The fraction of sp³-hybridized carbons (Fsp3) is 0.423. The van der Waals surface area contributed by atoms with Gasteiger partial charge in [0.1, 0.15) is 17.7 Å². The molecule has 0 bridgehead atoms. The molecule has 5 rings (SSSR count). The molecule has 0 saturated carbocycles. The summed E-state index contributed by atoms with van der Waals surface area (Å²) in [5, 5.41) is 3.73. The van der Waals surface area contributed by atoms with Gasteiger partial charge in [0, 0.05) is 50.4 Å². The van der Waals surface area contributed by atoms with Crippen molar-refractivity contribution in [2.45, 2.75) is 38.6 Å². The molecule has 1 amide bonds. The van der Waals surface area contributed by atoms with E-state index in [1.807, 2.05) is 12.3 Å². The van der Waals surface area contributed by atoms with Crippen LogP contribution in [0.2, 0.25) is 0 Å². The van der Waals surface area contributed by atoms with Crippen LogP contribution in [0.3, 0.4) is 0 Å². The number of rotatable bonds is 4. The number of aromatic nitrogens is 2. The SMILES string of the molecule is CCc1cnc2cc3c(cc2c1)OCCC1CN(c2ccc(C(=O)NC)nc2)C[C@H](OC)N1C3. The molecule has 0 radical (unpaired) electrons. The second-order valence-corrected chi connectivity index (χ2v) is 8.89. The van der Waals surface area contributed by atoms with Crippen molar-refractivity contribution in [3.05, 3.63) is 59.5 Å². The van der Waals surface area contributed by atoms with Gasteiger partial charge in [0.25, 0.3) is 5.91 Å². The lowest BCUT2D eigenvalue weighted by atomic mass is 10.0. The number of nitrogens with one attached hydrogen (secondary N) is 1. The van der Waals surface area contributed by atoms with E-state index in [-0.39, 0.29) is 18.2 Å². The second kappa shape index (κ2) is 9.56. The summed E-state index contributed by atoms with van der Waals surface area (Å²) in [6, 6.07) is 10.5. The zero-order valence-corrected chi connectivity index (χ0v) is 20.0. The lowest BCUT2D eigenvalue weighted by Gasteiger charge is -2.47. The number of pyridine rings is 2. The number of anilines is 1. The van der Waals surface area contributed by atoms with Crippen LogP contribution < -0.4 is 15.0 Å². The van der Waals surface area contributed by atoms with Gasteiger partial charge < -0.3 is 19.7 Å². The predicted octanol–water partition coefficient (Wildman–Crippen LogP) is 3.00. The summed E-state index contributed by atoms with van der Waals surface area (Å²) in [5.74, 6) is 0.752. The van der Waals surface area contributed by atoms with Crippen LogP contribution in [-0.2, 0) is 17.7 Å². The maximum absolute atomic E-state index is 11.8. The minimum atomic E-state index is -0.185. The Morgan fingerprint density at radius 3 is 2.82 bits per heavy atom. The van der Waals surface area contributed by atoms with E-state index in [0.717, 1.165) is 60.4 Å². The summed E-state index contributed by atoms with van der Waals surface area (Å²) in [4.78, 5) is 25.6. The van der Waals surface area contributed by atoms with Crippen LogP contribution in [0.5, 0.6) is 5.75 Å². The highest BCUT2D eigenvalue weighted by molar-refractivity contribution is 5.92. The number of carbonyl (C=O) groups is 1. The molecule has 1 fully saturated rings. The molecule has 1 saturated heterocycles. The minimum absolute atomic E-state index is 0.0746. The van der Waals surface area contributed by atoms with E-state index >= 15 is 0 Å². The summed E-state index contributed by atoms with van der Waals surface area (Å²) in [5.41, 5.74) is 4.76. The number of hydrogen-bond acceptors (Lipinski definition) is 7. The average molecular weight is 462 g/mol. The number of fused-ring (bicyclic) bond motifs is 3. The van der Waals surface area contributed by atoms with Gasteiger partial charge in [0.2, 0.25) is 0 Å². The van der Waals surface area contributed by atoms with Crippen molar-refractivity contribution in [1.82, 2.24) is 20.2 Å². The molecule has 8 nitrogen and oxygen atoms in total. The molecule has 1 N–H and O–H groups in total. The number of benzene rings is 1. The normalized spacial score (nSPS) is 20.6. The average Bonchev–Trinajstić information content (AvgIpc) is 2.87. The molecule has 0 spiro atoms. The highest BCUT2D eigenvalue weighted by Crippen LogP contribution is 2.33. The van der Waals surface area contributed by atoms with Gasteiger partial charge in [0.15, 0.2) is 0 Å². The third-order valence-corrected chi connectivity index (χ3v) is 6.88. The van der Waals surface area contributed by atoms with Crippen molar-refractivity contribution in [1.29, 1.82) is 0 Å². The molecule has 1 aromatic carbocycles. The minimum Gasteiger partial charge on any atom is -0.493 e. The topological polar surface area (TPSA) is 79.8 Å². The summed E-state index contributed by atoms with van der Waals surface area (Å²) in [6.07, 6.45) is 5.51. The Hall–Kier alpha value is -3.23. The number of ether oxygens (including phenoxy) is 2. The maximum atomic E-state index is 11.8. The highest BCUT2D eigenvalue weighted by Gasteiger charge is 2.36. The number of aryl methyl sites for hydroxylation is 1. The van der Waals surface area contributed by atoms with Gasteiger partial charge in [-0.1, -0.05) is 6.92 Å². The first kappa shape index (κ1) is 22.6. The van der Waals surface area contributed by atoms with Gasteiger partial charge in [-0.05, 0) is 48.7 Å². The molecule has 2 aromatic heterocycles. The Labute approximate surface area is 199 Å². The van der Waals surface area contributed by atoms with E-state index in [0.29, 0.717) is 12.3 Å². The Bertz CT molecular complexity index is 1180. The summed E-state index contributed by atoms with van der Waals surface area (Å²) in [7, 11) is 3.37. The van der Waals surface area contributed by atoms with E-state index in [9.17, 15) is 4.79 Å². The van der Waals surface area contributed by atoms with Gasteiger partial charge in [-0.3, -0.25) is 14.7 Å². The Kier molecular flexibility index (Phi) is 6.34. The molecule has 2 aliphatic rings. The van der Waals surface area contributed by atoms with Gasteiger partial charge in [-0.2, -0.15) is 0 Å². The fourth-order valence-electron chi connectivity index (χ4n) is 4.90. The number of amides is 1. The Morgan fingerprint density at radius 1 is 1.21 bits per heavy atom. The van der Waals surface area contributed by atoms with Crippen molar-refractivity contribution in [3.8, 4) is 5.75 Å². The van der Waals surface area contributed by atoms with Crippen LogP contribution >= 0.6 is 0 Å². The number of nitrogens with zero attached hydrogens (tertiary/aromatic N) is 4. The summed E-state index contributed by atoms with van der Waals surface area (Å²) in [6.45, 7) is 5.08. The third-order valence-electron chi connectivity index (χ3n) is 6.88. The number of hydrogen-bond donors (Lipinski definition) is 1. The van der Waals surface area contributed by atoms with Gasteiger partial charge in [0.05, 0.1) is 30.6 Å². The van der Waals surface area contributed by atoms with Crippen molar-refractivity contribution in [2.75, 3.05) is 38.8 Å². The molecular formula is C26H31N5O3. The number of carbonyl (C=O) groups excluding carboxylic acids is 1. The first-order valence-corrected chi connectivity index (χ1v) is 11.9. The smallest absolute Gasteiger partial charge is 0.269 e. The Balaban J connectivity index is 1.40. The lowest BCUT2D eigenvalue weighted by Crippen LogP contribution is -2.59.